The Bertz CT molecular complexity index is 1050. The third-order valence-corrected chi connectivity index (χ3v) is 5.00. The summed E-state index contributed by atoms with van der Waals surface area (Å²) < 4.78 is 3.22. The number of benzene rings is 1. The van der Waals surface area contributed by atoms with Gasteiger partial charge in [0.15, 0.2) is 5.69 Å². The molecule has 1 aliphatic carbocycles. The third kappa shape index (κ3) is 3.24. The molecule has 4 rings (SSSR count). The van der Waals surface area contributed by atoms with Gasteiger partial charge in [-0.1, -0.05) is 11.3 Å². The highest BCUT2D eigenvalue weighted by Gasteiger charge is 2.31. The Balaban J connectivity index is 1.58. The summed E-state index contributed by atoms with van der Waals surface area (Å²) >= 11 is 0. The number of non-ortho nitro benzene ring substituents is 1. The van der Waals surface area contributed by atoms with Crippen molar-refractivity contribution in [2.24, 2.45) is 5.92 Å². The summed E-state index contributed by atoms with van der Waals surface area (Å²) in [5.74, 6) is 0.791. The SMILES string of the molecule is Cc1c(C(=O)Nc2ccnn2C(C)C2CC2)nnn1-c1cccc([N+](=O)[O-])c1. The standard InChI is InChI=1S/C18H19N7O3/c1-11(13-6-7-13)24-16(8-9-19-24)20-18(26)17-12(2)23(22-21-17)14-4-3-5-15(10-14)25(27)28/h3-5,8-11,13H,6-7H2,1-2H3,(H,20,26). The summed E-state index contributed by atoms with van der Waals surface area (Å²) in [6.45, 7) is 3.78. The first-order valence-electron chi connectivity index (χ1n) is 8.97. The molecule has 10 heteroatoms. The molecule has 28 heavy (non-hydrogen) atoms. The molecule has 1 aliphatic rings. The number of carbonyl (C=O) groups is 1. The lowest BCUT2D eigenvalue weighted by Crippen LogP contribution is -2.19. The van der Waals surface area contributed by atoms with Crippen LogP contribution in [0.3, 0.4) is 0 Å². The number of aromatic nitrogens is 5. The van der Waals surface area contributed by atoms with Crippen LogP contribution in [-0.2, 0) is 0 Å². The Morgan fingerprint density at radius 1 is 1.36 bits per heavy atom. The molecule has 1 amide bonds. The second kappa shape index (κ2) is 6.87. The first-order valence-corrected chi connectivity index (χ1v) is 8.97. The largest absolute Gasteiger partial charge is 0.305 e. The summed E-state index contributed by atoms with van der Waals surface area (Å²) in [6, 6.07) is 7.97. The number of amides is 1. The molecule has 0 saturated heterocycles. The third-order valence-electron chi connectivity index (χ3n) is 5.00. The van der Waals surface area contributed by atoms with E-state index in [1.807, 2.05) is 4.68 Å². The van der Waals surface area contributed by atoms with Crippen LogP contribution in [0.5, 0.6) is 0 Å². The molecule has 1 unspecified atom stereocenters. The molecule has 10 nitrogen and oxygen atoms in total. The van der Waals surface area contributed by atoms with Crippen LogP contribution in [0, 0.1) is 23.0 Å². The van der Waals surface area contributed by atoms with Gasteiger partial charge in [-0.25, -0.2) is 9.36 Å². The van der Waals surface area contributed by atoms with Crippen LogP contribution >= 0.6 is 0 Å². The number of hydrogen-bond acceptors (Lipinski definition) is 6. The number of nitro groups is 1. The lowest BCUT2D eigenvalue weighted by molar-refractivity contribution is -0.384. The van der Waals surface area contributed by atoms with E-state index in [9.17, 15) is 14.9 Å². The van der Waals surface area contributed by atoms with Crippen LogP contribution < -0.4 is 5.32 Å². The van der Waals surface area contributed by atoms with Crippen molar-refractivity contribution in [3.63, 3.8) is 0 Å². The lowest BCUT2D eigenvalue weighted by Gasteiger charge is -2.15. The van der Waals surface area contributed by atoms with Crippen molar-refractivity contribution in [2.45, 2.75) is 32.7 Å². The number of hydrogen-bond donors (Lipinski definition) is 1. The molecule has 1 atom stereocenters. The molecule has 3 aromatic rings. The van der Waals surface area contributed by atoms with E-state index in [0.717, 1.165) is 0 Å². The number of anilines is 1. The quantitative estimate of drug-likeness (QED) is 0.518. The molecule has 1 aromatic carbocycles. The van der Waals surface area contributed by atoms with Gasteiger partial charge < -0.3 is 5.32 Å². The van der Waals surface area contributed by atoms with Gasteiger partial charge in [0.25, 0.3) is 11.6 Å². The second-order valence-electron chi connectivity index (χ2n) is 6.91. The van der Waals surface area contributed by atoms with Gasteiger partial charge in [0.2, 0.25) is 0 Å². The normalized spacial score (nSPS) is 14.6. The molecule has 1 fully saturated rings. The van der Waals surface area contributed by atoms with Crippen molar-refractivity contribution in [1.29, 1.82) is 0 Å². The molecular formula is C18H19N7O3. The van der Waals surface area contributed by atoms with Gasteiger partial charge in [-0.05, 0) is 38.7 Å². The van der Waals surface area contributed by atoms with Crippen molar-refractivity contribution >= 4 is 17.4 Å². The van der Waals surface area contributed by atoms with E-state index in [-0.39, 0.29) is 17.4 Å². The van der Waals surface area contributed by atoms with Gasteiger partial charge in [-0.2, -0.15) is 5.10 Å². The topological polar surface area (TPSA) is 121 Å². The molecule has 1 N–H and O–H groups in total. The molecule has 0 radical (unpaired) electrons. The van der Waals surface area contributed by atoms with E-state index in [1.54, 1.807) is 31.3 Å². The van der Waals surface area contributed by atoms with Crippen LogP contribution in [0.2, 0.25) is 0 Å². The van der Waals surface area contributed by atoms with Crippen LogP contribution in [0.15, 0.2) is 36.5 Å². The minimum absolute atomic E-state index is 0.0589. The van der Waals surface area contributed by atoms with E-state index in [0.29, 0.717) is 23.1 Å². The zero-order chi connectivity index (χ0) is 19.8. The van der Waals surface area contributed by atoms with Gasteiger partial charge >= 0.3 is 0 Å². The highest BCUT2D eigenvalue weighted by atomic mass is 16.6. The first kappa shape index (κ1) is 17.8. The van der Waals surface area contributed by atoms with E-state index < -0.39 is 10.8 Å². The predicted molar refractivity (Wildman–Crippen MR) is 100 cm³/mol. The Hall–Kier alpha value is -3.56. The van der Waals surface area contributed by atoms with Gasteiger partial charge in [0, 0.05) is 18.2 Å². The molecule has 1 saturated carbocycles. The monoisotopic (exact) mass is 381 g/mol. The molecule has 144 valence electrons. The van der Waals surface area contributed by atoms with Gasteiger partial charge in [0.1, 0.15) is 5.82 Å². The van der Waals surface area contributed by atoms with Gasteiger partial charge in [-0.15, -0.1) is 5.10 Å². The minimum Gasteiger partial charge on any atom is -0.305 e. The van der Waals surface area contributed by atoms with Crippen molar-refractivity contribution in [2.75, 3.05) is 5.32 Å². The van der Waals surface area contributed by atoms with Crippen LogP contribution in [0.4, 0.5) is 11.5 Å². The Labute approximate surface area is 160 Å². The van der Waals surface area contributed by atoms with Crippen molar-refractivity contribution in [3.8, 4) is 5.69 Å². The van der Waals surface area contributed by atoms with Crippen LogP contribution in [0.1, 0.15) is 42.0 Å². The summed E-state index contributed by atoms with van der Waals surface area (Å²) in [5, 5.41) is 26.1. The molecular weight excluding hydrogens is 362 g/mol. The predicted octanol–water partition coefficient (Wildman–Crippen LogP) is 2.90. The van der Waals surface area contributed by atoms with Gasteiger partial charge in [0.05, 0.1) is 28.5 Å². The van der Waals surface area contributed by atoms with Crippen molar-refractivity contribution in [1.82, 2.24) is 24.8 Å². The number of carbonyl (C=O) groups excluding carboxylic acids is 1. The molecule has 0 spiro atoms. The van der Waals surface area contributed by atoms with Crippen LogP contribution in [-0.4, -0.2) is 35.6 Å². The van der Waals surface area contributed by atoms with E-state index in [2.05, 4.69) is 27.7 Å². The average Bonchev–Trinajstić information content (AvgIpc) is 3.32. The maximum absolute atomic E-state index is 12.7. The first-order chi connectivity index (χ1) is 13.5. The summed E-state index contributed by atoms with van der Waals surface area (Å²) in [7, 11) is 0. The smallest absolute Gasteiger partial charge is 0.279 e. The maximum Gasteiger partial charge on any atom is 0.279 e. The highest BCUT2D eigenvalue weighted by molar-refractivity contribution is 6.03. The maximum atomic E-state index is 12.7. The Morgan fingerprint density at radius 3 is 2.86 bits per heavy atom. The van der Waals surface area contributed by atoms with E-state index in [1.165, 1.54) is 29.7 Å². The highest BCUT2D eigenvalue weighted by Crippen LogP contribution is 2.40. The van der Waals surface area contributed by atoms with Crippen molar-refractivity contribution in [3.05, 3.63) is 58.0 Å². The molecule has 2 aromatic heterocycles. The summed E-state index contributed by atoms with van der Waals surface area (Å²) in [5.41, 5.74) is 1.04. The van der Waals surface area contributed by atoms with E-state index >= 15 is 0 Å². The van der Waals surface area contributed by atoms with Crippen molar-refractivity contribution < 1.29 is 9.72 Å². The molecule has 2 heterocycles. The molecule has 0 bridgehead atoms. The Kier molecular flexibility index (Phi) is 4.38. The zero-order valence-electron chi connectivity index (χ0n) is 15.4. The number of nitrogens with zero attached hydrogens (tertiary/aromatic N) is 6. The van der Waals surface area contributed by atoms with E-state index in [4.69, 9.17) is 0 Å². The zero-order valence-corrected chi connectivity index (χ0v) is 15.4. The fourth-order valence-corrected chi connectivity index (χ4v) is 3.21. The summed E-state index contributed by atoms with van der Waals surface area (Å²) in [4.78, 5) is 23.2. The number of rotatable bonds is 6. The Morgan fingerprint density at radius 2 is 2.14 bits per heavy atom. The molecule has 0 aliphatic heterocycles. The summed E-state index contributed by atoms with van der Waals surface area (Å²) in [6.07, 6.45) is 4.00. The number of nitrogens with one attached hydrogen (secondary N) is 1. The van der Waals surface area contributed by atoms with Crippen LogP contribution in [0.25, 0.3) is 5.69 Å². The fraction of sp³-hybridized carbons (Fsp3) is 0.333. The second-order valence-corrected chi connectivity index (χ2v) is 6.91. The van der Waals surface area contributed by atoms with Gasteiger partial charge in [-0.3, -0.25) is 14.9 Å². The fourth-order valence-electron chi connectivity index (χ4n) is 3.21. The lowest BCUT2D eigenvalue weighted by atomic mass is 10.2. The number of nitro benzene ring substituents is 1. The average molecular weight is 381 g/mol. The minimum atomic E-state index is -0.481.